The Kier molecular flexibility index (Phi) is 8.92. The maximum Gasteiger partial charge on any atom is 0.148 e. The molecule has 9 heteroatoms. The molecule has 4 rings (SSSR count). The molecule has 0 aliphatic carbocycles. The Hall–Kier alpha value is -3.69. The largest absolute Gasteiger partial charge is 0.493 e. The summed E-state index contributed by atoms with van der Waals surface area (Å²) in [6, 6.07) is 23.6. The minimum Gasteiger partial charge on any atom is -0.493 e. The highest BCUT2D eigenvalue weighted by Gasteiger charge is 2.08. The summed E-state index contributed by atoms with van der Waals surface area (Å²) in [5.74, 6) is 2.40. The quantitative estimate of drug-likeness (QED) is 0.254. The Balaban J connectivity index is 1.30. The Morgan fingerprint density at radius 1 is 0.892 bits per heavy atom. The maximum atomic E-state index is 11.3. The molecule has 0 saturated carbocycles. The summed E-state index contributed by atoms with van der Waals surface area (Å²) in [6.07, 6.45) is 3.58. The highest BCUT2D eigenvalue weighted by molar-refractivity contribution is 7.90. The van der Waals surface area contributed by atoms with Crippen molar-refractivity contribution in [2.75, 3.05) is 44.1 Å². The van der Waals surface area contributed by atoms with Crippen LogP contribution in [0.15, 0.2) is 79.1 Å². The molecule has 4 aromatic rings. The van der Waals surface area contributed by atoms with Crippen molar-refractivity contribution in [1.82, 2.24) is 14.9 Å². The van der Waals surface area contributed by atoms with E-state index in [-0.39, 0.29) is 5.75 Å². The molecule has 37 heavy (non-hydrogen) atoms. The van der Waals surface area contributed by atoms with Gasteiger partial charge in [0.2, 0.25) is 0 Å². The van der Waals surface area contributed by atoms with Gasteiger partial charge in [-0.25, -0.2) is 18.4 Å². The van der Waals surface area contributed by atoms with Gasteiger partial charge in [0, 0.05) is 36.5 Å². The van der Waals surface area contributed by atoms with Crippen molar-refractivity contribution in [1.29, 1.82) is 0 Å². The van der Waals surface area contributed by atoms with Crippen LogP contribution >= 0.6 is 0 Å². The molecule has 3 aromatic carbocycles. The first kappa shape index (κ1) is 26.4. The summed E-state index contributed by atoms with van der Waals surface area (Å²) in [4.78, 5) is 10.8. The van der Waals surface area contributed by atoms with Crippen molar-refractivity contribution in [3.05, 3.63) is 84.7 Å². The zero-order valence-corrected chi connectivity index (χ0v) is 21.9. The second-order valence-corrected chi connectivity index (χ2v) is 11.2. The molecule has 8 nitrogen and oxygen atoms in total. The van der Waals surface area contributed by atoms with Gasteiger partial charge in [-0.15, -0.1) is 0 Å². The van der Waals surface area contributed by atoms with E-state index in [0.29, 0.717) is 25.6 Å². The van der Waals surface area contributed by atoms with Gasteiger partial charge in [0.15, 0.2) is 0 Å². The van der Waals surface area contributed by atoms with Crippen LogP contribution in [0.2, 0.25) is 0 Å². The fraction of sp³-hybridized carbons (Fsp3) is 0.286. The highest BCUT2D eigenvalue weighted by Crippen LogP contribution is 2.27. The van der Waals surface area contributed by atoms with Gasteiger partial charge in [-0.1, -0.05) is 30.3 Å². The summed E-state index contributed by atoms with van der Waals surface area (Å²) >= 11 is 0. The molecule has 0 spiro atoms. The zero-order valence-electron chi connectivity index (χ0n) is 21.1. The van der Waals surface area contributed by atoms with Crippen LogP contribution in [0.5, 0.6) is 11.5 Å². The number of benzene rings is 3. The lowest BCUT2D eigenvalue weighted by molar-refractivity contribution is 0.269. The maximum absolute atomic E-state index is 11.3. The van der Waals surface area contributed by atoms with Gasteiger partial charge in [0.1, 0.15) is 40.1 Å². The van der Waals surface area contributed by atoms with E-state index < -0.39 is 9.84 Å². The van der Waals surface area contributed by atoms with Crippen molar-refractivity contribution in [2.24, 2.45) is 0 Å². The molecule has 1 aromatic heterocycles. The van der Waals surface area contributed by atoms with Gasteiger partial charge >= 0.3 is 0 Å². The lowest BCUT2D eigenvalue weighted by atomic mass is 10.2. The number of hydrogen-bond acceptors (Lipinski definition) is 8. The van der Waals surface area contributed by atoms with E-state index in [1.165, 1.54) is 12.6 Å². The van der Waals surface area contributed by atoms with Crippen LogP contribution in [0.25, 0.3) is 10.9 Å². The summed E-state index contributed by atoms with van der Waals surface area (Å²) < 4.78 is 34.4. The Labute approximate surface area is 218 Å². The average molecular weight is 521 g/mol. The fourth-order valence-electron chi connectivity index (χ4n) is 3.70. The van der Waals surface area contributed by atoms with E-state index in [9.17, 15) is 8.42 Å². The number of aromatic nitrogens is 2. The first-order valence-corrected chi connectivity index (χ1v) is 14.2. The molecule has 0 amide bonds. The number of ether oxygens (including phenoxy) is 2. The van der Waals surface area contributed by atoms with Crippen LogP contribution < -0.4 is 14.8 Å². The number of fused-ring (bicyclic) bond motifs is 1. The summed E-state index contributed by atoms with van der Waals surface area (Å²) in [6.45, 7) is 2.33. The second kappa shape index (κ2) is 12.5. The molecular formula is C28H32N4O4S. The number of nitrogens with zero attached hydrogens (tertiary/aromatic N) is 3. The first-order chi connectivity index (χ1) is 17.9. The summed E-state index contributed by atoms with van der Waals surface area (Å²) in [5, 5.41) is 4.25. The van der Waals surface area contributed by atoms with Crippen LogP contribution in [0.1, 0.15) is 12.0 Å². The van der Waals surface area contributed by atoms with Crippen molar-refractivity contribution in [3.8, 4) is 11.5 Å². The Morgan fingerprint density at radius 3 is 2.41 bits per heavy atom. The SMILES string of the molecule is CN(CCCOc1ccc2c(Nc3ccc(OCc4ccccc4)cc3)ncnc2c1)CCS(C)(=O)=O. The normalized spacial score (nSPS) is 11.5. The van der Waals surface area contributed by atoms with Crippen LogP contribution in [-0.2, 0) is 16.4 Å². The minimum absolute atomic E-state index is 0.164. The predicted molar refractivity (Wildman–Crippen MR) is 147 cm³/mol. The monoisotopic (exact) mass is 520 g/mol. The van der Waals surface area contributed by atoms with Crippen molar-refractivity contribution in [2.45, 2.75) is 13.0 Å². The lowest BCUT2D eigenvalue weighted by Gasteiger charge is -2.16. The third kappa shape index (κ3) is 8.44. The molecule has 0 radical (unpaired) electrons. The predicted octanol–water partition coefficient (Wildman–Crippen LogP) is 4.70. The molecule has 1 heterocycles. The van der Waals surface area contributed by atoms with E-state index in [2.05, 4.69) is 15.3 Å². The lowest BCUT2D eigenvalue weighted by Crippen LogP contribution is -2.27. The van der Waals surface area contributed by atoms with Crippen molar-refractivity contribution < 1.29 is 17.9 Å². The van der Waals surface area contributed by atoms with Gasteiger partial charge in [0.25, 0.3) is 0 Å². The molecule has 0 aliphatic heterocycles. The van der Waals surface area contributed by atoms with E-state index in [4.69, 9.17) is 9.47 Å². The standard InChI is InChI=1S/C28H32N4O4S/c1-32(16-18-37(2,33)34)15-6-17-35-25-13-14-26-27(19-25)29-21-30-28(26)31-23-9-11-24(12-10-23)36-20-22-7-4-3-5-8-22/h3-5,7-14,19,21H,6,15-18,20H2,1-2H3,(H,29,30,31). The smallest absolute Gasteiger partial charge is 0.148 e. The molecule has 0 saturated heterocycles. The number of hydrogen-bond donors (Lipinski definition) is 1. The van der Waals surface area contributed by atoms with Crippen LogP contribution in [0.3, 0.4) is 0 Å². The van der Waals surface area contributed by atoms with E-state index in [0.717, 1.165) is 46.6 Å². The van der Waals surface area contributed by atoms with E-state index >= 15 is 0 Å². The Bertz CT molecular complexity index is 1400. The average Bonchev–Trinajstić information content (AvgIpc) is 2.90. The number of anilines is 2. The molecule has 0 bridgehead atoms. The topological polar surface area (TPSA) is 93.7 Å². The van der Waals surface area contributed by atoms with Gasteiger partial charge in [-0.05, 0) is 55.4 Å². The third-order valence-corrected chi connectivity index (χ3v) is 6.69. The van der Waals surface area contributed by atoms with Gasteiger partial charge in [-0.3, -0.25) is 0 Å². The van der Waals surface area contributed by atoms with Crippen LogP contribution in [-0.4, -0.2) is 62.0 Å². The van der Waals surface area contributed by atoms with Gasteiger partial charge < -0.3 is 19.7 Å². The van der Waals surface area contributed by atoms with Crippen molar-refractivity contribution >= 4 is 32.2 Å². The molecule has 0 unspecified atom stereocenters. The fourth-order valence-corrected chi connectivity index (χ4v) is 4.34. The highest BCUT2D eigenvalue weighted by atomic mass is 32.2. The minimum atomic E-state index is -2.95. The molecule has 0 fully saturated rings. The van der Waals surface area contributed by atoms with E-state index in [1.54, 1.807) is 0 Å². The van der Waals surface area contributed by atoms with E-state index in [1.807, 2.05) is 84.7 Å². The summed E-state index contributed by atoms with van der Waals surface area (Å²) in [5.41, 5.74) is 2.80. The molecule has 194 valence electrons. The molecule has 0 atom stereocenters. The first-order valence-electron chi connectivity index (χ1n) is 12.1. The van der Waals surface area contributed by atoms with Gasteiger partial charge in [0.05, 0.1) is 17.9 Å². The molecule has 1 N–H and O–H groups in total. The third-order valence-electron chi connectivity index (χ3n) is 5.77. The molecular weight excluding hydrogens is 488 g/mol. The molecule has 0 aliphatic rings. The van der Waals surface area contributed by atoms with Crippen LogP contribution in [0.4, 0.5) is 11.5 Å². The number of sulfone groups is 1. The Morgan fingerprint density at radius 2 is 1.65 bits per heavy atom. The van der Waals surface area contributed by atoms with Crippen LogP contribution in [0, 0.1) is 0 Å². The van der Waals surface area contributed by atoms with Crippen molar-refractivity contribution in [3.63, 3.8) is 0 Å². The number of nitrogens with one attached hydrogen (secondary N) is 1. The zero-order chi connectivity index (χ0) is 26.1. The number of rotatable bonds is 13. The van der Waals surface area contributed by atoms with Gasteiger partial charge in [-0.2, -0.15) is 0 Å². The summed E-state index contributed by atoms with van der Waals surface area (Å²) in [7, 11) is -1.03. The second-order valence-electron chi connectivity index (χ2n) is 8.96.